The highest BCUT2D eigenvalue weighted by molar-refractivity contribution is 5.81. The smallest absolute Gasteiger partial charge is 0.251 e. The lowest BCUT2D eigenvalue weighted by Crippen LogP contribution is -2.40. The topological polar surface area (TPSA) is 29.5 Å². The fourth-order valence-electron chi connectivity index (χ4n) is 2.01. The first-order valence-electron chi connectivity index (χ1n) is 4.92. The van der Waals surface area contributed by atoms with E-state index in [0.717, 1.165) is 12.8 Å². The van der Waals surface area contributed by atoms with Crippen LogP contribution in [0.4, 0.5) is 0 Å². The zero-order chi connectivity index (χ0) is 9.90. The summed E-state index contributed by atoms with van der Waals surface area (Å²) in [7, 11) is 3.21. The van der Waals surface area contributed by atoms with E-state index in [4.69, 9.17) is 4.84 Å². The Morgan fingerprint density at radius 2 is 1.85 bits per heavy atom. The molecule has 76 valence electrons. The predicted molar refractivity (Wildman–Crippen MR) is 51.0 cm³/mol. The number of hydroxylamine groups is 2. The first-order chi connectivity index (χ1) is 6.10. The van der Waals surface area contributed by atoms with Crippen LogP contribution in [0, 0.1) is 5.41 Å². The number of hydrogen-bond donors (Lipinski definition) is 0. The van der Waals surface area contributed by atoms with Crippen molar-refractivity contribution in [3.05, 3.63) is 0 Å². The van der Waals surface area contributed by atoms with E-state index in [0.29, 0.717) is 0 Å². The van der Waals surface area contributed by atoms with Gasteiger partial charge in [0.1, 0.15) is 0 Å². The van der Waals surface area contributed by atoms with Crippen molar-refractivity contribution in [2.24, 2.45) is 5.41 Å². The van der Waals surface area contributed by atoms with Crippen molar-refractivity contribution in [2.45, 2.75) is 39.0 Å². The van der Waals surface area contributed by atoms with Gasteiger partial charge in [-0.3, -0.25) is 9.63 Å². The van der Waals surface area contributed by atoms with Crippen molar-refractivity contribution in [2.75, 3.05) is 14.2 Å². The number of hydrogen-bond acceptors (Lipinski definition) is 2. The van der Waals surface area contributed by atoms with Gasteiger partial charge >= 0.3 is 0 Å². The zero-order valence-electron chi connectivity index (χ0n) is 8.80. The van der Waals surface area contributed by atoms with Crippen LogP contribution in [0.2, 0.25) is 0 Å². The van der Waals surface area contributed by atoms with Crippen molar-refractivity contribution in [3.8, 4) is 0 Å². The SMILES string of the molecule is CON(C)C(=O)C1(C)CCCCC1. The molecule has 3 heteroatoms. The standard InChI is InChI=1S/C10H19NO2/c1-10(7-5-4-6-8-10)9(12)11(2)13-3/h4-8H2,1-3H3. The third-order valence-electron chi connectivity index (χ3n) is 3.03. The second-order valence-electron chi connectivity index (χ2n) is 4.11. The molecule has 0 aromatic rings. The van der Waals surface area contributed by atoms with E-state index in [1.54, 1.807) is 7.05 Å². The predicted octanol–water partition coefficient (Wildman–Crippen LogP) is 1.98. The molecule has 0 atom stereocenters. The summed E-state index contributed by atoms with van der Waals surface area (Å²) in [4.78, 5) is 16.8. The van der Waals surface area contributed by atoms with Gasteiger partial charge in [-0.25, -0.2) is 5.06 Å². The van der Waals surface area contributed by atoms with Gasteiger partial charge in [0.05, 0.1) is 7.11 Å². The summed E-state index contributed by atoms with van der Waals surface area (Å²) in [6.07, 6.45) is 5.60. The Bertz CT molecular complexity index is 185. The van der Waals surface area contributed by atoms with Crippen molar-refractivity contribution < 1.29 is 9.63 Å². The fourth-order valence-corrected chi connectivity index (χ4v) is 2.01. The van der Waals surface area contributed by atoms with Crippen LogP contribution >= 0.6 is 0 Å². The van der Waals surface area contributed by atoms with Gasteiger partial charge in [-0.05, 0) is 12.8 Å². The summed E-state index contributed by atoms with van der Waals surface area (Å²) >= 11 is 0. The molecule has 1 saturated carbocycles. The van der Waals surface area contributed by atoms with Crippen molar-refractivity contribution in [1.82, 2.24) is 5.06 Å². The third-order valence-corrected chi connectivity index (χ3v) is 3.03. The Balaban J connectivity index is 2.61. The maximum absolute atomic E-state index is 11.9. The Morgan fingerprint density at radius 3 is 2.31 bits per heavy atom. The number of carbonyl (C=O) groups excluding carboxylic acids is 1. The monoisotopic (exact) mass is 185 g/mol. The lowest BCUT2D eigenvalue weighted by Gasteiger charge is -2.34. The Morgan fingerprint density at radius 1 is 1.31 bits per heavy atom. The maximum atomic E-state index is 11.9. The third kappa shape index (κ3) is 2.21. The molecule has 1 aliphatic rings. The fraction of sp³-hybridized carbons (Fsp3) is 0.900. The van der Waals surface area contributed by atoms with E-state index in [2.05, 4.69) is 0 Å². The van der Waals surface area contributed by atoms with Crippen molar-refractivity contribution >= 4 is 5.91 Å². The largest absolute Gasteiger partial charge is 0.275 e. The summed E-state index contributed by atoms with van der Waals surface area (Å²) in [5, 5.41) is 1.35. The first kappa shape index (κ1) is 10.5. The molecule has 1 fully saturated rings. The van der Waals surface area contributed by atoms with Gasteiger partial charge in [-0.1, -0.05) is 26.2 Å². The molecule has 13 heavy (non-hydrogen) atoms. The molecule has 0 unspecified atom stereocenters. The first-order valence-corrected chi connectivity index (χ1v) is 4.92. The van der Waals surface area contributed by atoms with Gasteiger partial charge in [0, 0.05) is 12.5 Å². The van der Waals surface area contributed by atoms with E-state index >= 15 is 0 Å². The lowest BCUT2D eigenvalue weighted by molar-refractivity contribution is -0.181. The van der Waals surface area contributed by atoms with E-state index in [-0.39, 0.29) is 11.3 Å². The quantitative estimate of drug-likeness (QED) is 0.616. The molecule has 0 spiro atoms. The summed E-state index contributed by atoms with van der Waals surface area (Å²) in [5.41, 5.74) is -0.178. The van der Waals surface area contributed by atoms with Crippen LogP contribution in [0.3, 0.4) is 0 Å². The maximum Gasteiger partial charge on any atom is 0.251 e. The summed E-state index contributed by atoms with van der Waals surface area (Å²) in [6, 6.07) is 0. The molecule has 0 N–H and O–H groups in total. The van der Waals surface area contributed by atoms with E-state index in [9.17, 15) is 4.79 Å². The van der Waals surface area contributed by atoms with Gasteiger partial charge in [0.25, 0.3) is 5.91 Å². The minimum Gasteiger partial charge on any atom is -0.275 e. The normalized spacial score (nSPS) is 21.2. The van der Waals surface area contributed by atoms with Crippen LogP contribution in [-0.4, -0.2) is 25.1 Å². The molecular formula is C10H19NO2. The van der Waals surface area contributed by atoms with E-state index in [1.807, 2.05) is 6.92 Å². The second kappa shape index (κ2) is 4.09. The molecule has 1 amide bonds. The second-order valence-corrected chi connectivity index (χ2v) is 4.11. The Hall–Kier alpha value is -0.570. The molecule has 0 saturated heterocycles. The molecule has 3 nitrogen and oxygen atoms in total. The van der Waals surface area contributed by atoms with Crippen molar-refractivity contribution in [3.63, 3.8) is 0 Å². The van der Waals surface area contributed by atoms with Gasteiger partial charge in [0.2, 0.25) is 0 Å². The van der Waals surface area contributed by atoms with Crippen LogP contribution in [-0.2, 0) is 9.63 Å². The molecule has 1 rings (SSSR count). The van der Waals surface area contributed by atoms with Gasteiger partial charge in [-0.2, -0.15) is 0 Å². The number of carbonyl (C=O) groups is 1. The molecule has 1 aliphatic carbocycles. The number of amides is 1. The average Bonchev–Trinajstić information content (AvgIpc) is 2.16. The van der Waals surface area contributed by atoms with Gasteiger partial charge in [0.15, 0.2) is 0 Å². The highest BCUT2D eigenvalue weighted by Gasteiger charge is 2.36. The van der Waals surface area contributed by atoms with E-state index in [1.165, 1.54) is 31.4 Å². The Labute approximate surface area is 80.0 Å². The van der Waals surface area contributed by atoms with Crippen LogP contribution in [0.25, 0.3) is 0 Å². The minimum atomic E-state index is -0.178. The number of rotatable bonds is 2. The summed E-state index contributed by atoms with van der Waals surface area (Å²) in [6.45, 7) is 2.05. The van der Waals surface area contributed by atoms with Crippen molar-refractivity contribution in [1.29, 1.82) is 0 Å². The van der Waals surface area contributed by atoms with Gasteiger partial charge < -0.3 is 0 Å². The van der Waals surface area contributed by atoms with Crippen LogP contribution in [0.15, 0.2) is 0 Å². The molecule has 0 heterocycles. The molecular weight excluding hydrogens is 166 g/mol. The molecule has 0 aromatic carbocycles. The van der Waals surface area contributed by atoms with Crippen LogP contribution in [0.5, 0.6) is 0 Å². The molecule has 0 aliphatic heterocycles. The van der Waals surface area contributed by atoms with Crippen LogP contribution < -0.4 is 0 Å². The lowest BCUT2D eigenvalue weighted by atomic mass is 9.75. The highest BCUT2D eigenvalue weighted by Crippen LogP contribution is 2.37. The zero-order valence-corrected chi connectivity index (χ0v) is 8.80. The highest BCUT2D eigenvalue weighted by atomic mass is 16.7. The summed E-state index contributed by atoms with van der Waals surface area (Å²) < 4.78 is 0. The summed E-state index contributed by atoms with van der Waals surface area (Å²) in [5.74, 6) is 0.120. The minimum absolute atomic E-state index is 0.120. The van der Waals surface area contributed by atoms with Gasteiger partial charge in [-0.15, -0.1) is 0 Å². The molecule has 0 radical (unpaired) electrons. The van der Waals surface area contributed by atoms with E-state index < -0.39 is 0 Å². The number of nitrogens with zero attached hydrogens (tertiary/aromatic N) is 1. The van der Waals surface area contributed by atoms with Crippen LogP contribution in [0.1, 0.15) is 39.0 Å². The average molecular weight is 185 g/mol. The molecule has 0 aromatic heterocycles. The Kier molecular flexibility index (Phi) is 3.31. The molecule has 0 bridgehead atoms.